The van der Waals surface area contributed by atoms with E-state index in [1.165, 1.54) is 0 Å². The van der Waals surface area contributed by atoms with Gasteiger partial charge in [-0.25, -0.2) is 4.57 Å². The molecule has 0 aliphatic carbocycles. The lowest BCUT2D eigenvalue weighted by Gasteiger charge is -2.25. The molecule has 0 aliphatic heterocycles. The van der Waals surface area contributed by atoms with E-state index in [1.807, 2.05) is 27.7 Å². The van der Waals surface area contributed by atoms with Gasteiger partial charge in [0.05, 0.1) is 18.8 Å². The van der Waals surface area contributed by atoms with E-state index in [4.69, 9.17) is 13.6 Å². The van der Waals surface area contributed by atoms with Gasteiger partial charge in [-0.15, -0.1) is 0 Å². The van der Waals surface area contributed by atoms with Crippen LogP contribution < -0.4 is 0 Å². The molecular weight excluding hydrogens is 239 g/mol. The van der Waals surface area contributed by atoms with Crippen LogP contribution in [0, 0.1) is 0 Å². The lowest BCUT2D eigenvalue weighted by atomic mass is 10.2. The van der Waals surface area contributed by atoms with Crippen LogP contribution in [0.2, 0.25) is 0 Å². The summed E-state index contributed by atoms with van der Waals surface area (Å²) in [6.45, 7) is 10.1. The van der Waals surface area contributed by atoms with Gasteiger partial charge in [-0.1, -0.05) is 27.7 Å². The lowest BCUT2D eigenvalue weighted by molar-refractivity contribution is 0.0494. The molecule has 17 heavy (non-hydrogen) atoms. The van der Waals surface area contributed by atoms with Gasteiger partial charge in [0.25, 0.3) is 0 Å². The molecule has 0 aromatic heterocycles. The van der Waals surface area contributed by atoms with E-state index in [0.29, 0.717) is 6.61 Å². The van der Waals surface area contributed by atoms with Crippen molar-refractivity contribution in [3.63, 3.8) is 0 Å². The van der Waals surface area contributed by atoms with Crippen molar-refractivity contribution in [1.29, 1.82) is 0 Å². The summed E-state index contributed by atoms with van der Waals surface area (Å²) >= 11 is 0. The summed E-state index contributed by atoms with van der Waals surface area (Å²) in [7, 11) is -3.40. The number of hydrogen-bond donors (Lipinski definition) is 0. The van der Waals surface area contributed by atoms with E-state index in [0.717, 1.165) is 25.7 Å². The van der Waals surface area contributed by atoms with Gasteiger partial charge in [-0.3, -0.25) is 13.6 Å². The third kappa shape index (κ3) is 6.56. The second-order valence-corrected chi connectivity index (χ2v) is 5.53. The first-order valence-electron chi connectivity index (χ1n) is 6.66. The summed E-state index contributed by atoms with van der Waals surface area (Å²) in [5.74, 6) is 0. The van der Waals surface area contributed by atoms with Crippen LogP contribution in [0.4, 0.5) is 0 Å². The van der Waals surface area contributed by atoms with Gasteiger partial charge in [-0.2, -0.15) is 0 Å². The molecule has 104 valence electrons. The Bertz CT molecular complexity index is 207. The summed E-state index contributed by atoms with van der Waals surface area (Å²) in [4.78, 5) is 0. The Hall–Kier alpha value is 0.110. The van der Waals surface area contributed by atoms with Crippen LogP contribution >= 0.6 is 7.82 Å². The molecule has 0 atom stereocenters. The van der Waals surface area contributed by atoms with Crippen LogP contribution in [0.25, 0.3) is 0 Å². The van der Waals surface area contributed by atoms with Crippen LogP contribution in [-0.2, 0) is 18.1 Å². The highest BCUT2D eigenvalue weighted by Crippen LogP contribution is 2.52. The van der Waals surface area contributed by atoms with Crippen LogP contribution in [0.5, 0.6) is 0 Å². The van der Waals surface area contributed by atoms with E-state index < -0.39 is 7.82 Å². The third-order valence-electron chi connectivity index (χ3n) is 2.66. The van der Waals surface area contributed by atoms with Crippen molar-refractivity contribution in [1.82, 2.24) is 0 Å². The maximum atomic E-state index is 12.4. The maximum Gasteiger partial charge on any atom is 0.475 e. The van der Waals surface area contributed by atoms with Gasteiger partial charge in [0, 0.05) is 0 Å². The van der Waals surface area contributed by atoms with Gasteiger partial charge in [0.1, 0.15) is 0 Å². The monoisotopic (exact) mass is 266 g/mol. The van der Waals surface area contributed by atoms with Crippen molar-refractivity contribution in [2.24, 2.45) is 0 Å². The van der Waals surface area contributed by atoms with Crippen molar-refractivity contribution < 1.29 is 18.1 Å². The number of phosphoric acid groups is 1. The van der Waals surface area contributed by atoms with Crippen molar-refractivity contribution in [3.8, 4) is 0 Å². The quantitative estimate of drug-likeness (QED) is 0.544. The Morgan fingerprint density at radius 2 is 1.18 bits per heavy atom. The van der Waals surface area contributed by atoms with Gasteiger partial charge in [0.15, 0.2) is 0 Å². The molecule has 0 bridgehead atoms. The van der Waals surface area contributed by atoms with Gasteiger partial charge in [-0.05, 0) is 32.6 Å². The normalized spacial score (nSPS) is 12.6. The Kier molecular flexibility index (Phi) is 9.15. The highest BCUT2D eigenvalue weighted by atomic mass is 31.2. The molecule has 0 heterocycles. The SMILES string of the molecule is CCOP(=O)(OC(CC)CC)OC(CC)CC. The fourth-order valence-corrected chi connectivity index (χ4v) is 3.30. The highest BCUT2D eigenvalue weighted by Gasteiger charge is 2.31. The average Bonchev–Trinajstić information content (AvgIpc) is 2.33. The Labute approximate surface area is 106 Å². The van der Waals surface area contributed by atoms with Gasteiger partial charge < -0.3 is 0 Å². The molecule has 0 amide bonds. The predicted octanol–water partition coefficient (Wildman–Crippen LogP) is 4.54. The molecule has 0 saturated heterocycles. The van der Waals surface area contributed by atoms with Crippen LogP contribution in [0.15, 0.2) is 0 Å². The first kappa shape index (κ1) is 17.1. The number of phosphoric ester groups is 1. The number of hydrogen-bond acceptors (Lipinski definition) is 4. The first-order chi connectivity index (χ1) is 8.05. The van der Waals surface area contributed by atoms with E-state index >= 15 is 0 Å². The fraction of sp³-hybridized carbons (Fsp3) is 1.00. The van der Waals surface area contributed by atoms with E-state index in [1.54, 1.807) is 6.92 Å². The first-order valence-corrected chi connectivity index (χ1v) is 8.12. The molecule has 0 unspecified atom stereocenters. The number of rotatable bonds is 10. The zero-order valence-electron chi connectivity index (χ0n) is 11.8. The maximum absolute atomic E-state index is 12.4. The Balaban J connectivity index is 4.59. The van der Waals surface area contributed by atoms with Crippen LogP contribution in [0.3, 0.4) is 0 Å². The summed E-state index contributed by atoms with van der Waals surface area (Å²) in [6, 6.07) is 0. The van der Waals surface area contributed by atoms with Crippen molar-refractivity contribution >= 4 is 7.82 Å². The zero-order valence-corrected chi connectivity index (χ0v) is 12.7. The molecule has 0 fully saturated rings. The minimum atomic E-state index is -3.40. The smallest absolute Gasteiger partial charge is 0.287 e. The van der Waals surface area contributed by atoms with E-state index in [-0.39, 0.29) is 12.2 Å². The van der Waals surface area contributed by atoms with Crippen molar-refractivity contribution in [3.05, 3.63) is 0 Å². The second-order valence-electron chi connectivity index (χ2n) is 3.95. The topological polar surface area (TPSA) is 44.8 Å². The fourth-order valence-electron chi connectivity index (χ4n) is 1.48. The van der Waals surface area contributed by atoms with Gasteiger partial charge >= 0.3 is 7.82 Å². The highest BCUT2D eigenvalue weighted by molar-refractivity contribution is 7.48. The minimum absolute atomic E-state index is 0.0678. The summed E-state index contributed by atoms with van der Waals surface area (Å²) in [5.41, 5.74) is 0. The predicted molar refractivity (Wildman–Crippen MR) is 70.1 cm³/mol. The second kappa shape index (κ2) is 9.09. The summed E-state index contributed by atoms with van der Waals surface area (Å²) in [6.07, 6.45) is 3.09. The molecule has 0 aliphatic rings. The average molecular weight is 266 g/mol. The molecule has 0 N–H and O–H groups in total. The molecule has 0 spiro atoms. The standard InChI is InChI=1S/C12H27O4P/c1-6-11(7-2)15-17(13,14-10-5)16-12(8-3)9-4/h11-12H,6-10H2,1-5H3. The lowest BCUT2D eigenvalue weighted by Crippen LogP contribution is -2.16. The third-order valence-corrected chi connectivity index (χ3v) is 4.35. The Morgan fingerprint density at radius 1 is 0.824 bits per heavy atom. The van der Waals surface area contributed by atoms with Crippen molar-refractivity contribution in [2.45, 2.75) is 72.5 Å². The van der Waals surface area contributed by atoms with Crippen molar-refractivity contribution in [2.75, 3.05) is 6.61 Å². The molecule has 0 rings (SSSR count). The van der Waals surface area contributed by atoms with E-state index in [9.17, 15) is 4.57 Å². The molecule has 5 heteroatoms. The largest absolute Gasteiger partial charge is 0.475 e. The van der Waals surface area contributed by atoms with Gasteiger partial charge in [0.2, 0.25) is 0 Å². The molecular formula is C12H27O4P. The Morgan fingerprint density at radius 3 is 1.41 bits per heavy atom. The van der Waals surface area contributed by atoms with Crippen LogP contribution in [0.1, 0.15) is 60.3 Å². The molecule has 0 radical (unpaired) electrons. The summed E-state index contributed by atoms with van der Waals surface area (Å²) in [5, 5.41) is 0. The minimum Gasteiger partial charge on any atom is -0.287 e. The molecule has 0 saturated carbocycles. The molecule has 0 aromatic rings. The zero-order chi connectivity index (χ0) is 13.3. The molecule has 4 nitrogen and oxygen atoms in total. The summed E-state index contributed by atoms with van der Waals surface area (Å²) < 4.78 is 28.7. The van der Waals surface area contributed by atoms with E-state index in [2.05, 4.69) is 0 Å². The van der Waals surface area contributed by atoms with Crippen LogP contribution in [-0.4, -0.2) is 18.8 Å². The molecule has 0 aromatic carbocycles.